The number of benzene rings is 1. The van der Waals surface area contributed by atoms with Crippen molar-refractivity contribution in [3.63, 3.8) is 0 Å². The van der Waals surface area contributed by atoms with Gasteiger partial charge in [0.25, 0.3) is 0 Å². The van der Waals surface area contributed by atoms with E-state index in [0.29, 0.717) is 36.0 Å². The van der Waals surface area contributed by atoms with E-state index in [0.717, 1.165) is 11.1 Å². The van der Waals surface area contributed by atoms with E-state index < -0.39 is 10.0 Å². The molecular formula is C15H18N2O4S. The van der Waals surface area contributed by atoms with Crippen LogP contribution in [-0.4, -0.2) is 26.7 Å². The van der Waals surface area contributed by atoms with Crippen molar-refractivity contribution in [3.05, 3.63) is 40.8 Å². The van der Waals surface area contributed by atoms with Crippen LogP contribution in [0.2, 0.25) is 0 Å². The third-order valence-electron chi connectivity index (χ3n) is 3.55. The summed E-state index contributed by atoms with van der Waals surface area (Å²) in [5.74, 6) is 1.05. The summed E-state index contributed by atoms with van der Waals surface area (Å²) < 4.78 is 37.5. The molecule has 0 unspecified atom stereocenters. The molecular weight excluding hydrogens is 304 g/mol. The number of ether oxygens (including phenoxy) is 1. The second kappa shape index (κ2) is 5.31. The molecule has 118 valence electrons. The van der Waals surface area contributed by atoms with Gasteiger partial charge in [-0.25, -0.2) is 8.42 Å². The van der Waals surface area contributed by atoms with E-state index in [9.17, 15) is 8.42 Å². The summed E-state index contributed by atoms with van der Waals surface area (Å²) in [6, 6.07) is 5.46. The Labute approximate surface area is 129 Å². The zero-order chi connectivity index (χ0) is 15.9. The summed E-state index contributed by atoms with van der Waals surface area (Å²) in [5.41, 5.74) is 2.95. The lowest BCUT2D eigenvalue weighted by Gasteiger charge is -2.31. The van der Waals surface area contributed by atoms with Gasteiger partial charge in [0.15, 0.2) is 0 Å². The van der Waals surface area contributed by atoms with Gasteiger partial charge in [0.05, 0.1) is 12.2 Å². The lowest BCUT2D eigenvalue weighted by atomic mass is 10.1. The molecule has 0 amide bonds. The molecule has 7 heteroatoms. The number of aromatic nitrogens is 1. The quantitative estimate of drug-likeness (QED) is 0.867. The molecule has 0 fully saturated rings. The highest BCUT2D eigenvalue weighted by atomic mass is 32.2. The predicted molar refractivity (Wildman–Crippen MR) is 82.6 cm³/mol. The van der Waals surface area contributed by atoms with E-state index in [4.69, 9.17) is 9.26 Å². The monoisotopic (exact) mass is 322 g/mol. The minimum atomic E-state index is -3.54. The van der Waals surface area contributed by atoms with Gasteiger partial charge >= 0.3 is 0 Å². The summed E-state index contributed by atoms with van der Waals surface area (Å²) in [5, 5.41) is 3.77. The van der Waals surface area contributed by atoms with E-state index in [1.807, 2.05) is 26.0 Å². The standard InChI is InChI=1S/C15H18N2O4S/c1-10-6-11(2)15-14(7-10)17(4-5-20-15)22(18,19)9-13-8-12(3)21-16-13/h6-8H,4-5,9H2,1-3H3. The van der Waals surface area contributed by atoms with Crippen LogP contribution in [0, 0.1) is 20.8 Å². The molecule has 0 radical (unpaired) electrons. The van der Waals surface area contributed by atoms with E-state index >= 15 is 0 Å². The van der Waals surface area contributed by atoms with Gasteiger partial charge in [-0.05, 0) is 38.0 Å². The highest BCUT2D eigenvalue weighted by Gasteiger charge is 2.30. The molecule has 2 heterocycles. The van der Waals surface area contributed by atoms with Gasteiger partial charge in [-0.3, -0.25) is 4.31 Å². The first-order valence-corrected chi connectivity index (χ1v) is 8.64. The van der Waals surface area contributed by atoms with Crippen molar-refractivity contribution in [2.45, 2.75) is 26.5 Å². The normalized spacial score (nSPS) is 14.6. The van der Waals surface area contributed by atoms with E-state index in [-0.39, 0.29) is 5.75 Å². The van der Waals surface area contributed by atoms with E-state index in [2.05, 4.69) is 5.16 Å². The third kappa shape index (κ3) is 2.68. The zero-order valence-electron chi connectivity index (χ0n) is 12.8. The minimum Gasteiger partial charge on any atom is -0.489 e. The molecule has 6 nitrogen and oxygen atoms in total. The molecule has 1 aromatic heterocycles. The molecule has 3 rings (SSSR count). The summed E-state index contributed by atoms with van der Waals surface area (Å²) >= 11 is 0. The Kier molecular flexibility index (Phi) is 3.60. The number of hydrogen-bond donors (Lipinski definition) is 0. The Morgan fingerprint density at radius 3 is 2.68 bits per heavy atom. The van der Waals surface area contributed by atoms with Crippen LogP contribution in [0.25, 0.3) is 0 Å². The predicted octanol–water partition coefficient (Wildman–Crippen LogP) is 2.33. The first kappa shape index (κ1) is 14.9. The Morgan fingerprint density at radius 2 is 2.00 bits per heavy atom. The molecule has 0 aliphatic carbocycles. The highest BCUT2D eigenvalue weighted by molar-refractivity contribution is 7.92. The smallest absolute Gasteiger partial charge is 0.241 e. The van der Waals surface area contributed by atoms with Crippen LogP contribution in [0.5, 0.6) is 5.75 Å². The zero-order valence-corrected chi connectivity index (χ0v) is 13.6. The van der Waals surface area contributed by atoms with Crippen molar-refractivity contribution >= 4 is 15.7 Å². The van der Waals surface area contributed by atoms with Crippen LogP contribution < -0.4 is 9.04 Å². The summed E-state index contributed by atoms with van der Waals surface area (Å²) in [7, 11) is -3.54. The molecule has 0 saturated heterocycles. The number of rotatable bonds is 3. The van der Waals surface area contributed by atoms with Crippen LogP contribution in [0.15, 0.2) is 22.7 Å². The second-order valence-corrected chi connectivity index (χ2v) is 7.43. The number of aryl methyl sites for hydroxylation is 3. The largest absolute Gasteiger partial charge is 0.489 e. The third-order valence-corrected chi connectivity index (χ3v) is 5.26. The van der Waals surface area contributed by atoms with E-state index in [1.165, 1.54) is 4.31 Å². The molecule has 2 aromatic rings. The second-order valence-electron chi connectivity index (χ2n) is 5.54. The average Bonchev–Trinajstić information content (AvgIpc) is 2.82. The molecule has 1 aromatic carbocycles. The fraction of sp³-hybridized carbons (Fsp3) is 0.400. The average molecular weight is 322 g/mol. The van der Waals surface area contributed by atoms with Crippen molar-refractivity contribution in [2.24, 2.45) is 0 Å². The molecule has 0 atom stereocenters. The first-order valence-electron chi connectivity index (χ1n) is 7.03. The van der Waals surface area contributed by atoms with Crippen molar-refractivity contribution in [2.75, 3.05) is 17.5 Å². The number of fused-ring (bicyclic) bond motifs is 1. The lowest BCUT2D eigenvalue weighted by molar-refractivity contribution is 0.313. The van der Waals surface area contributed by atoms with Crippen molar-refractivity contribution in [1.29, 1.82) is 0 Å². The molecule has 1 aliphatic rings. The van der Waals surface area contributed by atoms with Gasteiger partial charge in [0, 0.05) is 6.07 Å². The Balaban J connectivity index is 1.99. The van der Waals surface area contributed by atoms with Crippen LogP contribution in [0.3, 0.4) is 0 Å². The molecule has 0 spiro atoms. The Bertz CT molecular complexity index is 811. The van der Waals surface area contributed by atoms with Crippen LogP contribution in [0.4, 0.5) is 5.69 Å². The van der Waals surface area contributed by atoms with Crippen LogP contribution in [0.1, 0.15) is 22.6 Å². The SMILES string of the molecule is Cc1cc(C)c2c(c1)N(S(=O)(=O)Cc1cc(C)on1)CCO2. The minimum absolute atomic E-state index is 0.184. The van der Waals surface area contributed by atoms with Gasteiger partial charge in [-0.2, -0.15) is 0 Å². The summed E-state index contributed by atoms with van der Waals surface area (Å²) in [6.07, 6.45) is 0. The lowest BCUT2D eigenvalue weighted by Crippen LogP contribution is -2.39. The van der Waals surface area contributed by atoms with E-state index in [1.54, 1.807) is 13.0 Å². The van der Waals surface area contributed by atoms with Crippen LogP contribution in [-0.2, 0) is 15.8 Å². The summed E-state index contributed by atoms with van der Waals surface area (Å²) in [6.45, 7) is 6.24. The fourth-order valence-electron chi connectivity index (χ4n) is 2.70. The van der Waals surface area contributed by atoms with Gasteiger partial charge in [-0.15, -0.1) is 0 Å². The maximum atomic E-state index is 12.7. The van der Waals surface area contributed by atoms with Gasteiger partial charge in [-0.1, -0.05) is 11.2 Å². The van der Waals surface area contributed by atoms with Gasteiger partial charge < -0.3 is 9.26 Å². The van der Waals surface area contributed by atoms with Crippen molar-refractivity contribution in [1.82, 2.24) is 5.16 Å². The maximum Gasteiger partial charge on any atom is 0.241 e. The number of hydrogen-bond acceptors (Lipinski definition) is 5. The summed E-state index contributed by atoms with van der Waals surface area (Å²) in [4.78, 5) is 0. The maximum absolute atomic E-state index is 12.7. The molecule has 22 heavy (non-hydrogen) atoms. The van der Waals surface area contributed by atoms with Crippen LogP contribution >= 0.6 is 0 Å². The van der Waals surface area contributed by atoms with Gasteiger partial charge in [0.2, 0.25) is 10.0 Å². The molecule has 0 saturated carbocycles. The molecule has 0 bridgehead atoms. The number of sulfonamides is 1. The topological polar surface area (TPSA) is 72.6 Å². The highest BCUT2D eigenvalue weighted by Crippen LogP contribution is 2.37. The molecule has 0 N–H and O–H groups in total. The first-order chi connectivity index (χ1) is 10.4. The van der Waals surface area contributed by atoms with Gasteiger partial charge in [0.1, 0.15) is 29.6 Å². The number of nitrogens with zero attached hydrogens (tertiary/aromatic N) is 2. The molecule has 1 aliphatic heterocycles. The van der Waals surface area contributed by atoms with Crippen molar-refractivity contribution in [3.8, 4) is 5.75 Å². The Hall–Kier alpha value is -2.02. The fourth-order valence-corrected chi connectivity index (χ4v) is 4.15. The van der Waals surface area contributed by atoms with Crippen molar-refractivity contribution < 1.29 is 17.7 Å². The number of anilines is 1. The Morgan fingerprint density at radius 1 is 1.23 bits per heavy atom.